The van der Waals surface area contributed by atoms with Gasteiger partial charge in [0.2, 0.25) is 0 Å². The van der Waals surface area contributed by atoms with Crippen LogP contribution < -0.4 is 4.74 Å². The monoisotopic (exact) mass is 300 g/mol. The SMILES string of the molecule is COc1ccccc1CN1CCN(C[C@H]2CC=CCC2)CC1. The van der Waals surface area contributed by atoms with Crippen molar-refractivity contribution in [2.24, 2.45) is 5.92 Å². The van der Waals surface area contributed by atoms with Gasteiger partial charge in [0.1, 0.15) is 5.75 Å². The molecule has 120 valence electrons. The standard InChI is InChI=1S/C19H28N2O/c1-22-19-10-6-5-9-18(19)16-21-13-11-20(12-14-21)15-17-7-3-2-4-8-17/h2-3,5-6,9-10,17H,4,7-8,11-16H2,1H3/t17-/m0/s1. The third-order valence-electron chi connectivity index (χ3n) is 4.95. The van der Waals surface area contributed by atoms with Gasteiger partial charge in [-0.1, -0.05) is 30.4 Å². The van der Waals surface area contributed by atoms with Crippen LogP contribution in [0.15, 0.2) is 36.4 Å². The second-order valence-corrected chi connectivity index (χ2v) is 6.54. The first-order chi connectivity index (χ1) is 10.8. The number of rotatable bonds is 5. The molecule has 2 aliphatic rings. The Kier molecular flexibility index (Phi) is 5.52. The van der Waals surface area contributed by atoms with Gasteiger partial charge in [0, 0.05) is 44.8 Å². The van der Waals surface area contributed by atoms with Crippen molar-refractivity contribution in [3.63, 3.8) is 0 Å². The molecule has 22 heavy (non-hydrogen) atoms. The number of piperazine rings is 1. The van der Waals surface area contributed by atoms with Crippen molar-refractivity contribution in [3.8, 4) is 5.75 Å². The Morgan fingerprint density at radius 1 is 1.05 bits per heavy atom. The minimum absolute atomic E-state index is 0.880. The highest BCUT2D eigenvalue weighted by Crippen LogP contribution is 2.22. The van der Waals surface area contributed by atoms with Crippen molar-refractivity contribution >= 4 is 0 Å². The van der Waals surface area contributed by atoms with Crippen LogP contribution >= 0.6 is 0 Å². The Bertz CT molecular complexity index is 492. The first kappa shape index (κ1) is 15.6. The van der Waals surface area contributed by atoms with Crippen LogP contribution in [0, 0.1) is 5.92 Å². The molecule has 3 rings (SSSR count). The van der Waals surface area contributed by atoms with Crippen LogP contribution in [0.4, 0.5) is 0 Å². The minimum atomic E-state index is 0.880. The van der Waals surface area contributed by atoms with Gasteiger partial charge in [-0.3, -0.25) is 4.90 Å². The summed E-state index contributed by atoms with van der Waals surface area (Å²) in [5.74, 6) is 1.89. The average molecular weight is 300 g/mol. The molecule has 1 atom stereocenters. The Hall–Kier alpha value is -1.32. The molecule has 3 nitrogen and oxygen atoms in total. The molecule has 0 radical (unpaired) electrons. The number of hydrogen-bond acceptors (Lipinski definition) is 3. The molecule has 1 aromatic rings. The zero-order valence-electron chi connectivity index (χ0n) is 13.7. The summed E-state index contributed by atoms with van der Waals surface area (Å²) >= 11 is 0. The lowest BCUT2D eigenvalue weighted by Gasteiger charge is -2.37. The van der Waals surface area contributed by atoms with Crippen molar-refractivity contribution < 1.29 is 4.74 Å². The molecule has 0 amide bonds. The molecule has 3 heteroatoms. The molecule has 0 spiro atoms. The summed E-state index contributed by atoms with van der Waals surface area (Å²) in [4.78, 5) is 5.21. The summed E-state index contributed by atoms with van der Waals surface area (Å²) in [6, 6.07) is 8.38. The Morgan fingerprint density at radius 3 is 2.55 bits per heavy atom. The van der Waals surface area contributed by atoms with Crippen LogP contribution in [0.2, 0.25) is 0 Å². The summed E-state index contributed by atoms with van der Waals surface area (Å²) in [6.45, 7) is 7.03. The van der Waals surface area contributed by atoms with Crippen molar-refractivity contribution in [2.45, 2.75) is 25.8 Å². The molecule has 1 heterocycles. The van der Waals surface area contributed by atoms with Gasteiger partial charge in [0.05, 0.1) is 7.11 Å². The largest absolute Gasteiger partial charge is 0.496 e. The van der Waals surface area contributed by atoms with E-state index in [1.165, 1.54) is 57.5 Å². The molecule has 0 aromatic heterocycles. The molecular formula is C19H28N2O. The fraction of sp³-hybridized carbons (Fsp3) is 0.579. The van der Waals surface area contributed by atoms with Gasteiger partial charge in [-0.25, -0.2) is 0 Å². The van der Waals surface area contributed by atoms with Gasteiger partial charge in [0.25, 0.3) is 0 Å². The van der Waals surface area contributed by atoms with Crippen LogP contribution in [-0.4, -0.2) is 49.6 Å². The number of benzene rings is 1. The zero-order chi connectivity index (χ0) is 15.2. The number of para-hydroxylation sites is 1. The lowest BCUT2D eigenvalue weighted by molar-refractivity contribution is 0.110. The second kappa shape index (κ2) is 7.80. The maximum atomic E-state index is 5.46. The third-order valence-corrected chi connectivity index (χ3v) is 4.95. The average Bonchev–Trinajstić information content (AvgIpc) is 2.58. The number of methoxy groups -OCH3 is 1. The van der Waals surface area contributed by atoms with Gasteiger partial charge in [-0.2, -0.15) is 0 Å². The molecule has 1 saturated heterocycles. The minimum Gasteiger partial charge on any atom is -0.496 e. The van der Waals surface area contributed by atoms with Crippen molar-refractivity contribution in [2.75, 3.05) is 39.8 Å². The molecule has 0 bridgehead atoms. The molecule has 0 unspecified atom stereocenters. The van der Waals surface area contributed by atoms with Gasteiger partial charge in [-0.05, 0) is 31.2 Å². The molecule has 1 aromatic carbocycles. The summed E-state index contributed by atoms with van der Waals surface area (Å²) < 4.78 is 5.46. The van der Waals surface area contributed by atoms with E-state index in [0.29, 0.717) is 0 Å². The molecule has 1 fully saturated rings. The van der Waals surface area contributed by atoms with E-state index in [4.69, 9.17) is 4.74 Å². The van der Waals surface area contributed by atoms with E-state index in [1.54, 1.807) is 7.11 Å². The molecule has 0 N–H and O–H groups in total. The van der Waals surface area contributed by atoms with Crippen LogP contribution in [0.1, 0.15) is 24.8 Å². The van der Waals surface area contributed by atoms with Gasteiger partial charge < -0.3 is 9.64 Å². The topological polar surface area (TPSA) is 15.7 Å². The maximum absolute atomic E-state index is 5.46. The maximum Gasteiger partial charge on any atom is 0.123 e. The van der Waals surface area contributed by atoms with Gasteiger partial charge in [-0.15, -0.1) is 0 Å². The first-order valence-corrected chi connectivity index (χ1v) is 8.57. The zero-order valence-corrected chi connectivity index (χ0v) is 13.7. The van der Waals surface area contributed by atoms with Crippen LogP contribution in [0.25, 0.3) is 0 Å². The lowest BCUT2D eigenvalue weighted by atomic mass is 9.94. The van der Waals surface area contributed by atoms with E-state index in [1.807, 2.05) is 6.07 Å². The molecule has 1 aliphatic carbocycles. The first-order valence-electron chi connectivity index (χ1n) is 8.57. The van der Waals surface area contributed by atoms with E-state index in [-0.39, 0.29) is 0 Å². The van der Waals surface area contributed by atoms with E-state index in [2.05, 4.69) is 40.2 Å². The van der Waals surface area contributed by atoms with Crippen molar-refractivity contribution in [1.29, 1.82) is 0 Å². The van der Waals surface area contributed by atoms with Gasteiger partial charge >= 0.3 is 0 Å². The van der Waals surface area contributed by atoms with E-state index < -0.39 is 0 Å². The van der Waals surface area contributed by atoms with Gasteiger partial charge in [0.15, 0.2) is 0 Å². The van der Waals surface area contributed by atoms with E-state index in [0.717, 1.165) is 18.2 Å². The molecular weight excluding hydrogens is 272 g/mol. The number of allylic oxidation sites excluding steroid dienone is 2. The van der Waals surface area contributed by atoms with Crippen LogP contribution in [0.3, 0.4) is 0 Å². The predicted octanol–water partition coefficient (Wildman–Crippen LogP) is 3.17. The van der Waals surface area contributed by atoms with E-state index >= 15 is 0 Å². The molecule has 0 saturated carbocycles. The highest BCUT2D eigenvalue weighted by atomic mass is 16.5. The van der Waals surface area contributed by atoms with Crippen molar-refractivity contribution in [3.05, 3.63) is 42.0 Å². The Labute approximate surface area is 134 Å². The smallest absolute Gasteiger partial charge is 0.123 e. The highest BCUT2D eigenvalue weighted by molar-refractivity contribution is 5.33. The van der Waals surface area contributed by atoms with Crippen LogP contribution in [0.5, 0.6) is 5.75 Å². The number of nitrogens with zero attached hydrogens (tertiary/aromatic N) is 2. The number of hydrogen-bond donors (Lipinski definition) is 0. The lowest BCUT2D eigenvalue weighted by Crippen LogP contribution is -2.47. The Morgan fingerprint density at radius 2 is 1.82 bits per heavy atom. The summed E-state index contributed by atoms with van der Waals surface area (Å²) in [5.41, 5.74) is 1.30. The summed E-state index contributed by atoms with van der Waals surface area (Å²) in [5, 5.41) is 0. The van der Waals surface area contributed by atoms with Crippen LogP contribution in [-0.2, 0) is 6.54 Å². The second-order valence-electron chi connectivity index (χ2n) is 6.54. The number of ether oxygens (including phenoxy) is 1. The summed E-state index contributed by atoms with van der Waals surface area (Å²) in [7, 11) is 1.76. The third kappa shape index (κ3) is 4.11. The fourth-order valence-electron chi connectivity index (χ4n) is 3.59. The quantitative estimate of drug-likeness (QED) is 0.777. The summed E-state index contributed by atoms with van der Waals surface area (Å²) in [6.07, 6.45) is 8.63. The van der Waals surface area contributed by atoms with Crippen molar-refractivity contribution in [1.82, 2.24) is 9.80 Å². The molecule has 1 aliphatic heterocycles. The van der Waals surface area contributed by atoms with E-state index in [9.17, 15) is 0 Å². The normalized spacial score (nSPS) is 23.6. The Balaban J connectivity index is 1.46. The highest BCUT2D eigenvalue weighted by Gasteiger charge is 2.21. The fourth-order valence-corrected chi connectivity index (χ4v) is 3.59. The predicted molar refractivity (Wildman–Crippen MR) is 91.2 cm³/mol.